The van der Waals surface area contributed by atoms with Crippen LogP contribution in [0.1, 0.15) is 18.4 Å². The van der Waals surface area contributed by atoms with Crippen molar-refractivity contribution in [2.45, 2.75) is 24.9 Å². The minimum absolute atomic E-state index is 0.0795. The topological polar surface area (TPSA) is 48.9 Å². The summed E-state index contributed by atoms with van der Waals surface area (Å²) in [5.74, 6) is 0.823. The molecule has 0 unspecified atom stereocenters. The summed E-state index contributed by atoms with van der Waals surface area (Å²) in [6.07, 6.45) is 5.74. The van der Waals surface area contributed by atoms with Crippen molar-refractivity contribution < 1.29 is 9.53 Å². The van der Waals surface area contributed by atoms with Gasteiger partial charge in [0.1, 0.15) is 5.75 Å². The van der Waals surface area contributed by atoms with Gasteiger partial charge < -0.3 is 9.64 Å². The molecule has 29 heavy (non-hydrogen) atoms. The lowest BCUT2D eigenvalue weighted by Crippen LogP contribution is -2.64. The number of amides is 1. The van der Waals surface area contributed by atoms with Crippen molar-refractivity contribution in [3.05, 3.63) is 60.4 Å². The van der Waals surface area contributed by atoms with E-state index in [0.29, 0.717) is 0 Å². The number of ether oxygens (including phenoxy) is 1. The Morgan fingerprint density at radius 1 is 1.03 bits per heavy atom. The number of hydrogen-bond acceptors (Lipinski definition) is 5. The van der Waals surface area contributed by atoms with Crippen molar-refractivity contribution in [1.82, 2.24) is 19.7 Å². The zero-order valence-electron chi connectivity index (χ0n) is 17.2. The molecule has 1 aromatic heterocycles. The summed E-state index contributed by atoms with van der Waals surface area (Å²) in [5, 5.41) is 0. The Morgan fingerprint density at radius 3 is 2.48 bits per heavy atom. The number of likely N-dealkylation sites (tertiary alicyclic amines) is 1. The number of carbonyl (C=O) groups excluding carboxylic acids is 1. The average molecular weight is 395 g/mol. The van der Waals surface area contributed by atoms with Gasteiger partial charge in [0.05, 0.1) is 0 Å². The van der Waals surface area contributed by atoms with E-state index in [1.807, 2.05) is 47.6 Å². The molecule has 6 heteroatoms. The molecule has 2 aromatic rings. The van der Waals surface area contributed by atoms with Crippen molar-refractivity contribution in [3.63, 3.8) is 0 Å². The van der Waals surface area contributed by atoms with Crippen LogP contribution in [0.25, 0.3) is 0 Å². The third kappa shape index (κ3) is 4.77. The molecule has 154 valence electrons. The van der Waals surface area contributed by atoms with Crippen LogP contribution in [0.4, 0.5) is 0 Å². The van der Waals surface area contributed by atoms with Gasteiger partial charge in [-0.3, -0.25) is 19.6 Å². The molecule has 2 saturated heterocycles. The van der Waals surface area contributed by atoms with Crippen molar-refractivity contribution in [3.8, 4) is 5.75 Å². The first kappa shape index (κ1) is 19.9. The molecule has 0 atom stereocenters. The second-order valence-electron chi connectivity index (χ2n) is 8.19. The quantitative estimate of drug-likeness (QED) is 0.779. The number of benzene rings is 1. The zero-order chi connectivity index (χ0) is 20.1. The number of hydrogen-bond donors (Lipinski definition) is 0. The third-order valence-corrected chi connectivity index (χ3v) is 6.39. The number of likely N-dealkylation sites (N-methyl/N-ethyl adjacent to an activating group) is 1. The number of piperazine rings is 1. The van der Waals surface area contributed by atoms with Crippen LogP contribution >= 0.6 is 0 Å². The van der Waals surface area contributed by atoms with E-state index < -0.39 is 0 Å². The SMILES string of the molecule is CN1CCN(Cc2ccncc2)CC12CCN(C(=O)COc1ccccc1)CC2. The van der Waals surface area contributed by atoms with Crippen molar-refractivity contribution in [2.24, 2.45) is 0 Å². The summed E-state index contributed by atoms with van der Waals surface area (Å²) in [4.78, 5) is 23.7. The van der Waals surface area contributed by atoms with E-state index in [1.54, 1.807) is 0 Å². The molecule has 2 fully saturated rings. The fraction of sp³-hybridized carbons (Fsp3) is 0.478. The molecule has 0 aliphatic carbocycles. The molecule has 3 heterocycles. The van der Waals surface area contributed by atoms with Gasteiger partial charge >= 0.3 is 0 Å². The molecule has 2 aliphatic rings. The number of nitrogens with zero attached hydrogens (tertiary/aromatic N) is 4. The summed E-state index contributed by atoms with van der Waals surface area (Å²) < 4.78 is 5.65. The van der Waals surface area contributed by atoms with Crippen LogP contribution in [-0.2, 0) is 11.3 Å². The summed E-state index contributed by atoms with van der Waals surface area (Å²) in [6.45, 7) is 5.86. The first-order valence-corrected chi connectivity index (χ1v) is 10.4. The number of piperidine rings is 1. The predicted molar refractivity (Wildman–Crippen MR) is 113 cm³/mol. The Morgan fingerprint density at radius 2 is 1.76 bits per heavy atom. The lowest BCUT2D eigenvalue weighted by atomic mass is 9.83. The monoisotopic (exact) mass is 394 g/mol. The molecule has 1 aromatic carbocycles. The summed E-state index contributed by atoms with van der Waals surface area (Å²) >= 11 is 0. The molecule has 2 aliphatic heterocycles. The highest BCUT2D eigenvalue weighted by atomic mass is 16.5. The summed E-state index contributed by atoms with van der Waals surface area (Å²) in [6, 6.07) is 13.7. The molecule has 0 radical (unpaired) electrons. The minimum Gasteiger partial charge on any atom is -0.484 e. The molecule has 4 rings (SSSR count). The van der Waals surface area contributed by atoms with E-state index in [-0.39, 0.29) is 18.1 Å². The van der Waals surface area contributed by atoms with Crippen LogP contribution in [0.5, 0.6) is 5.75 Å². The molecule has 0 saturated carbocycles. The van der Waals surface area contributed by atoms with Gasteiger partial charge in [-0.25, -0.2) is 0 Å². The molecule has 1 amide bonds. The van der Waals surface area contributed by atoms with Gasteiger partial charge in [-0.1, -0.05) is 18.2 Å². The second kappa shape index (κ2) is 8.93. The highest BCUT2D eigenvalue weighted by Gasteiger charge is 2.42. The smallest absolute Gasteiger partial charge is 0.260 e. The van der Waals surface area contributed by atoms with Crippen molar-refractivity contribution in [2.75, 3.05) is 46.4 Å². The Hall–Kier alpha value is -2.44. The Labute approximate surface area is 173 Å². The van der Waals surface area contributed by atoms with Crippen LogP contribution in [0, 0.1) is 0 Å². The lowest BCUT2D eigenvalue weighted by Gasteiger charge is -2.53. The van der Waals surface area contributed by atoms with E-state index in [1.165, 1.54) is 5.56 Å². The van der Waals surface area contributed by atoms with Crippen molar-refractivity contribution >= 4 is 5.91 Å². The first-order valence-electron chi connectivity index (χ1n) is 10.4. The van der Waals surface area contributed by atoms with Crippen LogP contribution in [0.15, 0.2) is 54.9 Å². The first-order chi connectivity index (χ1) is 14.1. The third-order valence-electron chi connectivity index (χ3n) is 6.39. The van der Waals surface area contributed by atoms with Crippen LogP contribution in [0.3, 0.4) is 0 Å². The molecular weight excluding hydrogens is 364 g/mol. The number of para-hydroxylation sites is 1. The number of rotatable bonds is 5. The Balaban J connectivity index is 1.31. The minimum atomic E-state index is 0.0795. The second-order valence-corrected chi connectivity index (χ2v) is 8.19. The molecule has 0 N–H and O–H groups in total. The largest absolute Gasteiger partial charge is 0.484 e. The van der Waals surface area contributed by atoms with Gasteiger partial charge in [0, 0.05) is 57.2 Å². The van der Waals surface area contributed by atoms with Crippen LogP contribution in [-0.4, -0.2) is 77.5 Å². The van der Waals surface area contributed by atoms with Crippen LogP contribution < -0.4 is 4.74 Å². The summed E-state index contributed by atoms with van der Waals surface area (Å²) in [5.41, 5.74) is 1.47. The number of carbonyl (C=O) groups is 1. The number of pyridine rings is 1. The Kier molecular flexibility index (Phi) is 6.11. The van der Waals surface area contributed by atoms with E-state index in [4.69, 9.17) is 4.74 Å². The van der Waals surface area contributed by atoms with Gasteiger partial charge in [0.25, 0.3) is 5.91 Å². The number of aromatic nitrogens is 1. The molecule has 1 spiro atoms. The maximum absolute atomic E-state index is 12.6. The molecule has 6 nitrogen and oxygen atoms in total. The summed E-state index contributed by atoms with van der Waals surface area (Å²) in [7, 11) is 2.24. The highest BCUT2D eigenvalue weighted by molar-refractivity contribution is 5.77. The van der Waals surface area contributed by atoms with Crippen LogP contribution in [0.2, 0.25) is 0 Å². The maximum atomic E-state index is 12.6. The van der Waals surface area contributed by atoms with Gasteiger partial charge in [-0.15, -0.1) is 0 Å². The fourth-order valence-electron chi connectivity index (χ4n) is 4.49. The van der Waals surface area contributed by atoms with E-state index in [9.17, 15) is 4.79 Å². The van der Waals surface area contributed by atoms with Gasteiger partial charge in [0.2, 0.25) is 0 Å². The van der Waals surface area contributed by atoms with Gasteiger partial charge in [-0.2, -0.15) is 0 Å². The Bertz CT molecular complexity index is 791. The molecular formula is C23H30N4O2. The van der Waals surface area contributed by atoms with Gasteiger partial charge in [0.15, 0.2) is 6.61 Å². The van der Waals surface area contributed by atoms with E-state index in [0.717, 1.165) is 57.9 Å². The zero-order valence-corrected chi connectivity index (χ0v) is 17.2. The molecule has 0 bridgehead atoms. The lowest BCUT2D eigenvalue weighted by molar-refractivity contribution is -0.137. The maximum Gasteiger partial charge on any atom is 0.260 e. The predicted octanol–water partition coefficient (Wildman–Crippen LogP) is 2.27. The van der Waals surface area contributed by atoms with Crippen molar-refractivity contribution in [1.29, 1.82) is 0 Å². The van der Waals surface area contributed by atoms with Gasteiger partial charge in [-0.05, 0) is 49.7 Å². The average Bonchev–Trinajstić information content (AvgIpc) is 2.77. The standard InChI is InChI=1S/C23H30N4O2/c1-25-15-16-26(17-20-7-11-24-12-8-20)19-23(25)9-13-27(14-10-23)22(28)18-29-21-5-3-2-4-6-21/h2-8,11-12H,9-10,13-19H2,1H3. The van der Waals surface area contributed by atoms with E-state index >= 15 is 0 Å². The normalized spacial score (nSPS) is 20.0. The fourth-order valence-corrected chi connectivity index (χ4v) is 4.49. The highest BCUT2D eigenvalue weighted by Crippen LogP contribution is 2.32. The van der Waals surface area contributed by atoms with E-state index in [2.05, 4.69) is 34.0 Å².